The van der Waals surface area contributed by atoms with E-state index in [1.807, 2.05) is 18.2 Å². The molecular formula is C27H22N4. The number of hydrogen-bond acceptors (Lipinski definition) is 2. The summed E-state index contributed by atoms with van der Waals surface area (Å²) in [6, 6.07) is 23.2. The molecule has 1 aliphatic carbocycles. The van der Waals surface area contributed by atoms with Gasteiger partial charge in [0.2, 0.25) is 0 Å². The monoisotopic (exact) mass is 402 g/mol. The average molecular weight is 403 g/mol. The second-order valence-corrected chi connectivity index (χ2v) is 8.06. The molecular weight excluding hydrogens is 380 g/mol. The minimum Gasteiger partial charge on any atom is -0.338 e. The lowest BCUT2D eigenvalue weighted by molar-refractivity contribution is 1.03. The van der Waals surface area contributed by atoms with Crippen LogP contribution in [0.3, 0.4) is 0 Å². The van der Waals surface area contributed by atoms with E-state index in [4.69, 9.17) is 9.97 Å². The van der Waals surface area contributed by atoms with Crippen LogP contribution >= 0.6 is 0 Å². The molecule has 6 rings (SSSR count). The van der Waals surface area contributed by atoms with Gasteiger partial charge in [-0.05, 0) is 54.7 Å². The molecule has 4 heteroatoms. The van der Waals surface area contributed by atoms with E-state index in [0.717, 1.165) is 58.5 Å². The van der Waals surface area contributed by atoms with Crippen LogP contribution in [0.15, 0.2) is 85.0 Å². The first-order chi connectivity index (χ1) is 15.3. The molecule has 31 heavy (non-hydrogen) atoms. The number of imidazole rings is 2. The molecule has 0 fully saturated rings. The summed E-state index contributed by atoms with van der Waals surface area (Å²) in [7, 11) is 0. The third kappa shape index (κ3) is 3.46. The molecule has 0 saturated carbocycles. The summed E-state index contributed by atoms with van der Waals surface area (Å²) in [4.78, 5) is 16.5. The SMILES string of the molecule is C1=CC(c2nc3ccc(Cc4ccc5nc(-c6ccccc6)[nH]c5c4)cc3[nH]2)=CCC1. The Morgan fingerprint density at radius 1 is 0.710 bits per heavy atom. The number of rotatable bonds is 4. The zero-order valence-corrected chi connectivity index (χ0v) is 17.1. The lowest BCUT2D eigenvalue weighted by atomic mass is 10.0. The van der Waals surface area contributed by atoms with E-state index in [-0.39, 0.29) is 0 Å². The lowest BCUT2D eigenvalue weighted by Crippen LogP contribution is -1.88. The number of aromatic amines is 2. The van der Waals surface area contributed by atoms with Crippen LogP contribution in [0.4, 0.5) is 0 Å². The average Bonchev–Trinajstić information content (AvgIpc) is 3.44. The van der Waals surface area contributed by atoms with Gasteiger partial charge < -0.3 is 9.97 Å². The molecule has 0 amide bonds. The van der Waals surface area contributed by atoms with Crippen molar-refractivity contribution in [3.8, 4) is 11.4 Å². The molecule has 150 valence electrons. The number of allylic oxidation sites excluding steroid dienone is 4. The molecule has 4 nitrogen and oxygen atoms in total. The first-order valence-electron chi connectivity index (χ1n) is 10.7. The quantitative estimate of drug-likeness (QED) is 0.364. The molecule has 0 spiro atoms. The highest BCUT2D eigenvalue weighted by Crippen LogP contribution is 2.25. The van der Waals surface area contributed by atoms with Crippen LogP contribution in [0, 0.1) is 0 Å². The van der Waals surface area contributed by atoms with Crippen LogP contribution < -0.4 is 0 Å². The van der Waals surface area contributed by atoms with Gasteiger partial charge in [-0.25, -0.2) is 9.97 Å². The van der Waals surface area contributed by atoms with Crippen LogP contribution in [0.1, 0.15) is 29.8 Å². The third-order valence-corrected chi connectivity index (χ3v) is 5.82. The number of hydrogen-bond donors (Lipinski definition) is 2. The van der Waals surface area contributed by atoms with Crippen molar-refractivity contribution < 1.29 is 0 Å². The molecule has 0 saturated heterocycles. The van der Waals surface area contributed by atoms with Gasteiger partial charge in [-0.2, -0.15) is 0 Å². The van der Waals surface area contributed by atoms with E-state index in [1.54, 1.807) is 0 Å². The first kappa shape index (κ1) is 17.9. The third-order valence-electron chi connectivity index (χ3n) is 5.82. The Morgan fingerprint density at radius 2 is 1.39 bits per heavy atom. The Kier molecular flexibility index (Phi) is 4.27. The van der Waals surface area contributed by atoms with Gasteiger partial charge in [-0.3, -0.25) is 0 Å². The standard InChI is InChI=1S/C27H22N4/c1-3-7-20(8-4-1)26-28-22-13-11-18(16-24(22)30-26)15-19-12-14-23-25(17-19)31-27(29-23)21-9-5-2-6-10-21/h1,3-5,7-14,16-17H,2,6,15H2,(H,28,30)(H,29,31). The summed E-state index contributed by atoms with van der Waals surface area (Å²) >= 11 is 0. The Balaban J connectivity index is 1.29. The van der Waals surface area contributed by atoms with Gasteiger partial charge in [0, 0.05) is 11.1 Å². The number of nitrogens with zero attached hydrogens (tertiary/aromatic N) is 2. The van der Waals surface area contributed by atoms with E-state index >= 15 is 0 Å². The maximum absolute atomic E-state index is 4.77. The lowest BCUT2D eigenvalue weighted by Gasteiger charge is -2.03. The summed E-state index contributed by atoms with van der Waals surface area (Å²) in [6.45, 7) is 0. The van der Waals surface area contributed by atoms with E-state index in [9.17, 15) is 0 Å². The second-order valence-electron chi connectivity index (χ2n) is 8.06. The molecule has 0 aliphatic heterocycles. The fourth-order valence-corrected chi connectivity index (χ4v) is 4.23. The van der Waals surface area contributed by atoms with Crippen LogP contribution in [0.2, 0.25) is 0 Å². The number of aromatic nitrogens is 4. The van der Waals surface area contributed by atoms with Crippen molar-refractivity contribution in [2.24, 2.45) is 0 Å². The Bertz CT molecular complexity index is 1450. The molecule has 2 aromatic heterocycles. The zero-order valence-electron chi connectivity index (χ0n) is 17.1. The fourth-order valence-electron chi connectivity index (χ4n) is 4.23. The Morgan fingerprint density at radius 3 is 2.06 bits per heavy atom. The molecule has 2 heterocycles. The van der Waals surface area contributed by atoms with Crippen molar-refractivity contribution in [3.63, 3.8) is 0 Å². The summed E-state index contributed by atoms with van der Waals surface area (Å²) in [5, 5.41) is 0. The van der Waals surface area contributed by atoms with Crippen molar-refractivity contribution in [2.75, 3.05) is 0 Å². The summed E-state index contributed by atoms with van der Waals surface area (Å²) < 4.78 is 0. The summed E-state index contributed by atoms with van der Waals surface area (Å²) in [5.74, 6) is 1.86. The maximum atomic E-state index is 4.77. The van der Waals surface area contributed by atoms with E-state index in [1.165, 1.54) is 16.7 Å². The topological polar surface area (TPSA) is 57.4 Å². The van der Waals surface area contributed by atoms with Gasteiger partial charge in [0.25, 0.3) is 0 Å². The van der Waals surface area contributed by atoms with Gasteiger partial charge >= 0.3 is 0 Å². The number of benzene rings is 3. The van der Waals surface area contributed by atoms with Crippen LogP contribution in [0.5, 0.6) is 0 Å². The number of fused-ring (bicyclic) bond motifs is 2. The minimum absolute atomic E-state index is 0.864. The molecule has 5 aromatic rings. The van der Waals surface area contributed by atoms with Gasteiger partial charge in [0.05, 0.1) is 22.1 Å². The highest BCUT2D eigenvalue weighted by molar-refractivity contribution is 5.82. The van der Waals surface area contributed by atoms with Gasteiger partial charge in [-0.15, -0.1) is 0 Å². The van der Waals surface area contributed by atoms with E-state index in [2.05, 4.69) is 76.7 Å². The smallest absolute Gasteiger partial charge is 0.138 e. The normalized spacial score (nSPS) is 13.7. The van der Waals surface area contributed by atoms with Crippen molar-refractivity contribution >= 4 is 27.6 Å². The van der Waals surface area contributed by atoms with Gasteiger partial charge in [0.1, 0.15) is 11.6 Å². The number of H-pyrrole nitrogens is 2. The fraction of sp³-hybridized carbons (Fsp3) is 0.111. The highest BCUT2D eigenvalue weighted by Gasteiger charge is 2.10. The minimum atomic E-state index is 0.864. The molecule has 0 unspecified atom stereocenters. The van der Waals surface area contributed by atoms with E-state index < -0.39 is 0 Å². The van der Waals surface area contributed by atoms with Crippen LogP contribution in [-0.4, -0.2) is 19.9 Å². The Hall–Kier alpha value is -3.92. The summed E-state index contributed by atoms with van der Waals surface area (Å²) in [6.07, 6.45) is 9.68. The van der Waals surface area contributed by atoms with Crippen LogP contribution in [0.25, 0.3) is 39.0 Å². The van der Waals surface area contributed by atoms with Gasteiger partial charge in [-0.1, -0.05) is 60.7 Å². The molecule has 3 aromatic carbocycles. The molecule has 0 radical (unpaired) electrons. The zero-order chi connectivity index (χ0) is 20.6. The first-order valence-corrected chi connectivity index (χ1v) is 10.7. The van der Waals surface area contributed by atoms with Crippen LogP contribution in [-0.2, 0) is 6.42 Å². The van der Waals surface area contributed by atoms with E-state index in [0.29, 0.717) is 0 Å². The predicted molar refractivity (Wildman–Crippen MR) is 127 cm³/mol. The number of nitrogens with one attached hydrogen (secondary N) is 2. The van der Waals surface area contributed by atoms with Crippen molar-refractivity contribution in [2.45, 2.75) is 19.3 Å². The second kappa shape index (κ2) is 7.40. The van der Waals surface area contributed by atoms with Crippen molar-refractivity contribution in [1.82, 2.24) is 19.9 Å². The van der Waals surface area contributed by atoms with Crippen molar-refractivity contribution in [3.05, 3.63) is 102 Å². The molecule has 1 aliphatic rings. The molecule has 0 bridgehead atoms. The maximum Gasteiger partial charge on any atom is 0.138 e. The molecule has 0 atom stereocenters. The van der Waals surface area contributed by atoms with Gasteiger partial charge in [0.15, 0.2) is 0 Å². The summed E-state index contributed by atoms with van der Waals surface area (Å²) in [5.41, 5.74) is 8.95. The predicted octanol–water partition coefficient (Wildman–Crippen LogP) is 6.43. The molecule has 2 N–H and O–H groups in total. The largest absolute Gasteiger partial charge is 0.338 e. The highest BCUT2D eigenvalue weighted by atomic mass is 14.9. The Labute approximate surface area is 180 Å². The van der Waals surface area contributed by atoms with Crippen molar-refractivity contribution in [1.29, 1.82) is 0 Å².